The number of allylic oxidation sites excluding steroid dienone is 2. The van der Waals surface area contributed by atoms with Crippen LogP contribution in [0.2, 0.25) is 0 Å². The van der Waals surface area contributed by atoms with E-state index in [1.165, 1.54) is 0 Å². The van der Waals surface area contributed by atoms with Gasteiger partial charge in [-0.15, -0.1) is 0 Å². The van der Waals surface area contributed by atoms with Crippen LogP contribution < -0.4 is 10.6 Å². The van der Waals surface area contributed by atoms with E-state index in [1.54, 1.807) is 24.3 Å². The third kappa shape index (κ3) is 3.79. The second-order valence-electron chi connectivity index (χ2n) is 7.55. The zero-order valence-electron chi connectivity index (χ0n) is 14.9. The molecule has 3 rings (SSSR count). The van der Waals surface area contributed by atoms with Crippen LogP contribution in [0.4, 0.5) is 11.4 Å². The van der Waals surface area contributed by atoms with Crippen molar-refractivity contribution in [1.82, 2.24) is 0 Å². The quantitative estimate of drug-likeness (QED) is 0.682. The van der Waals surface area contributed by atoms with Crippen LogP contribution in [0.15, 0.2) is 36.4 Å². The van der Waals surface area contributed by atoms with Gasteiger partial charge in [-0.3, -0.25) is 14.4 Å². The fraction of sp³-hybridized carbons (Fsp3) is 0.450. The number of carbonyl (C=O) groups is 3. The number of carboxylic acid groups (broad SMARTS) is 1. The first-order valence-corrected chi connectivity index (χ1v) is 8.97. The smallest absolute Gasteiger partial charge is 0.307 e. The second kappa shape index (κ2) is 7.32. The van der Waals surface area contributed by atoms with Crippen LogP contribution in [-0.2, 0) is 14.4 Å². The maximum absolute atomic E-state index is 12.6. The van der Waals surface area contributed by atoms with Crippen molar-refractivity contribution in [3.63, 3.8) is 0 Å². The molecule has 1 aromatic carbocycles. The molecule has 1 aromatic rings. The molecular formula is C20H24N2O4. The third-order valence-corrected chi connectivity index (χ3v) is 5.08. The molecule has 6 heteroatoms. The molecule has 138 valence electrons. The van der Waals surface area contributed by atoms with E-state index < -0.39 is 17.8 Å². The van der Waals surface area contributed by atoms with Gasteiger partial charge in [-0.05, 0) is 48.4 Å². The minimum atomic E-state index is -0.912. The van der Waals surface area contributed by atoms with E-state index in [0.717, 1.165) is 6.42 Å². The van der Waals surface area contributed by atoms with Crippen molar-refractivity contribution in [2.45, 2.75) is 26.7 Å². The van der Waals surface area contributed by atoms with E-state index in [2.05, 4.69) is 10.6 Å². The highest BCUT2D eigenvalue weighted by Gasteiger charge is 2.51. The number of anilines is 2. The van der Waals surface area contributed by atoms with Gasteiger partial charge in [-0.1, -0.05) is 26.0 Å². The van der Waals surface area contributed by atoms with Gasteiger partial charge >= 0.3 is 5.97 Å². The van der Waals surface area contributed by atoms with Crippen LogP contribution in [0, 0.1) is 29.6 Å². The Morgan fingerprint density at radius 3 is 2.08 bits per heavy atom. The summed E-state index contributed by atoms with van der Waals surface area (Å²) in [7, 11) is 0. The minimum absolute atomic E-state index is 0.00399. The molecule has 26 heavy (non-hydrogen) atoms. The van der Waals surface area contributed by atoms with Crippen molar-refractivity contribution in [2.24, 2.45) is 29.6 Å². The van der Waals surface area contributed by atoms with Gasteiger partial charge in [-0.25, -0.2) is 0 Å². The number of amides is 2. The van der Waals surface area contributed by atoms with Crippen molar-refractivity contribution < 1.29 is 19.5 Å². The van der Waals surface area contributed by atoms with Crippen LogP contribution in [0.1, 0.15) is 26.7 Å². The molecular weight excluding hydrogens is 332 g/mol. The molecule has 1 fully saturated rings. The number of aliphatic carboxylic acids is 1. The lowest BCUT2D eigenvalue weighted by Gasteiger charge is -2.23. The summed E-state index contributed by atoms with van der Waals surface area (Å²) in [4.78, 5) is 35.9. The first kappa shape index (κ1) is 18.2. The monoisotopic (exact) mass is 356 g/mol. The Labute approximate surface area is 152 Å². The number of nitrogens with one attached hydrogen (secondary N) is 2. The molecule has 4 atom stereocenters. The normalized spacial score (nSPS) is 26.1. The Morgan fingerprint density at radius 1 is 1.00 bits per heavy atom. The lowest BCUT2D eigenvalue weighted by atomic mass is 9.82. The minimum Gasteiger partial charge on any atom is -0.481 e. The van der Waals surface area contributed by atoms with E-state index in [4.69, 9.17) is 0 Å². The Bertz CT molecular complexity index is 739. The number of carboxylic acids is 1. The average Bonchev–Trinajstić information content (AvgIpc) is 3.16. The zero-order chi connectivity index (χ0) is 18.8. The highest BCUT2D eigenvalue weighted by molar-refractivity contribution is 5.97. The van der Waals surface area contributed by atoms with E-state index in [0.29, 0.717) is 17.8 Å². The number of benzene rings is 1. The van der Waals surface area contributed by atoms with Crippen molar-refractivity contribution >= 4 is 29.2 Å². The Balaban J connectivity index is 1.62. The van der Waals surface area contributed by atoms with E-state index >= 15 is 0 Å². The number of hydrogen-bond donors (Lipinski definition) is 3. The van der Waals surface area contributed by atoms with Gasteiger partial charge in [0.25, 0.3) is 0 Å². The van der Waals surface area contributed by atoms with Gasteiger partial charge < -0.3 is 15.7 Å². The standard InChI is InChI=1S/C20H24N2O4/c1-11(2)9-16(23)21-14-5-7-15(8-6-14)22-19(24)17-12-3-4-13(10-12)18(17)20(25)26/h3-8,11-13,17-18H,9-10H2,1-2H3,(H,21,23)(H,22,24)(H,25,26). The highest BCUT2D eigenvalue weighted by atomic mass is 16.4. The molecule has 0 radical (unpaired) electrons. The van der Waals surface area contributed by atoms with Gasteiger partial charge in [-0.2, -0.15) is 0 Å². The maximum atomic E-state index is 12.6. The molecule has 0 spiro atoms. The highest BCUT2D eigenvalue weighted by Crippen LogP contribution is 2.48. The summed E-state index contributed by atoms with van der Waals surface area (Å²) in [6.45, 7) is 3.96. The fourth-order valence-electron chi connectivity index (χ4n) is 3.96. The van der Waals surface area contributed by atoms with Gasteiger partial charge in [0.05, 0.1) is 11.8 Å². The molecule has 0 aliphatic heterocycles. The van der Waals surface area contributed by atoms with Crippen LogP contribution >= 0.6 is 0 Å². The van der Waals surface area contributed by atoms with E-state index in [9.17, 15) is 19.5 Å². The molecule has 2 bridgehead atoms. The average molecular weight is 356 g/mol. The molecule has 2 aliphatic rings. The van der Waals surface area contributed by atoms with E-state index in [1.807, 2.05) is 26.0 Å². The van der Waals surface area contributed by atoms with Crippen LogP contribution in [-0.4, -0.2) is 22.9 Å². The summed E-state index contributed by atoms with van der Waals surface area (Å²) in [5.41, 5.74) is 1.26. The summed E-state index contributed by atoms with van der Waals surface area (Å²) in [6, 6.07) is 6.87. The third-order valence-electron chi connectivity index (χ3n) is 5.08. The lowest BCUT2D eigenvalue weighted by Crippen LogP contribution is -2.36. The molecule has 6 nitrogen and oxygen atoms in total. The first-order valence-electron chi connectivity index (χ1n) is 8.97. The molecule has 3 N–H and O–H groups in total. The second-order valence-corrected chi connectivity index (χ2v) is 7.55. The summed E-state index contributed by atoms with van der Waals surface area (Å²) in [5, 5.41) is 15.1. The molecule has 0 heterocycles. The van der Waals surface area contributed by atoms with Crippen molar-refractivity contribution in [2.75, 3.05) is 10.6 Å². The van der Waals surface area contributed by atoms with Crippen LogP contribution in [0.3, 0.4) is 0 Å². The Morgan fingerprint density at radius 2 is 1.54 bits per heavy atom. The molecule has 0 saturated heterocycles. The van der Waals surface area contributed by atoms with Crippen molar-refractivity contribution in [3.8, 4) is 0 Å². The van der Waals surface area contributed by atoms with Gasteiger partial charge in [0.2, 0.25) is 11.8 Å². The predicted octanol–water partition coefficient (Wildman–Crippen LogP) is 3.13. The van der Waals surface area contributed by atoms with E-state index in [-0.39, 0.29) is 29.6 Å². The van der Waals surface area contributed by atoms with Crippen molar-refractivity contribution in [3.05, 3.63) is 36.4 Å². The van der Waals surface area contributed by atoms with Gasteiger partial charge in [0.15, 0.2) is 0 Å². The molecule has 0 aromatic heterocycles. The number of carbonyl (C=O) groups excluding carboxylic acids is 2. The first-order chi connectivity index (χ1) is 12.3. The number of hydrogen-bond acceptors (Lipinski definition) is 3. The number of rotatable bonds is 6. The molecule has 4 unspecified atom stereocenters. The zero-order valence-corrected chi connectivity index (χ0v) is 14.9. The predicted molar refractivity (Wildman–Crippen MR) is 98.5 cm³/mol. The maximum Gasteiger partial charge on any atom is 0.307 e. The van der Waals surface area contributed by atoms with Gasteiger partial charge in [0, 0.05) is 17.8 Å². The lowest BCUT2D eigenvalue weighted by molar-refractivity contribution is -0.146. The molecule has 2 amide bonds. The largest absolute Gasteiger partial charge is 0.481 e. The summed E-state index contributed by atoms with van der Waals surface area (Å²) < 4.78 is 0. The van der Waals surface area contributed by atoms with Crippen LogP contribution in [0.5, 0.6) is 0 Å². The van der Waals surface area contributed by atoms with Gasteiger partial charge in [0.1, 0.15) is 0 Å². The topological polar surface area (TPSA) is 95.5 Å². The summed E-state index contributed by atoms with van der Waals surface area (Å²) in [5.74, 6) is -2.17. The molecule has 1 saturated carbocycles. The molecule has 2 aliphatic carbocycles. The number of fused-ring (bicyclic) bond motifs is 2. The summed E-state index contributed by atoms with van der Waals surface area (Å²) >= 11 is 0. The van der Waals surface area contributed by atoms with Crippen LogP contribution in [0.25, 0.3) is 0 Å². The Kier molecular flexibility index (Phi) is 5.11. The Hall–Kier alpha value is -2.63. The SMILES string of the molecule is CC(C)CC(=O)Nc1ccc(NC(=O)C2C3C=CC(C3)C2C(=O)O)cc1. The summed E-state index contributed by atoms with van der Waals surface area (Å²) in [6.07, 6.45) is 5.06. The van der Waals surface area contributed by atoms with Crippen molar-refractivity contribution in [1.29, 1.82) is 0 Å². The fourth-order valence-corrected chi connectivity index (χ4v) is 3.96.